The van der Waals surface area contributed by atoms with Crippen molar-refractivity contribution in [3.05, 3.63) is 103 Å². The Labute approximate surface area is 176 Å². The van der Waals surface area contributed by atoms with Crippen molar-refractivity contribution in [1.82, 2.24) is 9.55 Å². The molecule has 1 N–H and O–H groups in total. The number of aryl methyl sites for hydroxylation is 2. The van der Waals surface area contributed by atoms with Crippen LogP contribution in [0.4, 0.5) is 0 Å². The Bertz CT molecular complexity index is 1080. The number of aromatic nitrogens is 2. The summed E-state index contributed by atoms with van der Waals surface area (Å²) in [5.74, 6) is 0. The number of rotatable bonds is 9. The van der Waals surface area contributed by atoms with E-state index < -0.39 is 5.69 Å². The molecule has 0 aliphatic carbocycles. The molecular formula is C24H28N2O4. The molecule has 0 aliphatic heterocycles. The van der Waals surface area contributed by atoms with Gasteiger partial charge in [0.1, 0.15) is 6.73 Å². The molecule has 0 radical (unpaired) electrons. The summed E-state index contributed by atoms with van der Waals surface area (Å²) in [6.45, 7) is 7.26. The maximum absolute atomic E-state index is 12.3. The first-order valence-corrected chi connectivity index (χ1v) is 10.0. The molecule has 1 heterocycles. The number of hydrogen-bond acceptors (Lipinski definition) is 4. The van der Waals surface area contributed by atoms with Crippen LogP contribution in [0.2, 0.25) is 0 Å². The van der Waals surface area contributed by atoms with E-state index in [1.54, 1.807) is 6.92 Å². The van der Waals surface area contributed by atoms with Gasteiger partial charge in [-0.05, 0) is 31.9 Å². The summed E-state index contributed by atoms with van der Waals surface area (Å²) in [6.07, 6.45) is 0.460. The van der Waals surface area contributed by atoms with Crippen molar-refractivity contribution in [3.63, 3.8) is 0 Å². The molecule has 158 valence electrons. The topological polar surface area (TPSA) is 73.3 Å². The lowest BCUT2D eigenvalue weighted by molar-refractivity contribution is 0.0113. The second kappa shape index (κ2) is 10.2. The molecule has 1 aromatic heterocycles. The van der Waals surface area contributed by atoms with Gasteiger partial charge in [-0.1, -0.05) is 59.7 Å². The van der Waals surface area contributed by atoms with Crippen LogP contribution in [0.1, 0.15) is 33.5 Å². The molecule has 0 amide bonds. The number of aromatic amines is 1. The van der Waals surface area contributed by atoms with E-state index in [0.717, 1.165) is 11.1 Å². The van der Waals surface area contributed by atoms with E-state index in [4.69, 9.17) is 9.47 Å². The van der Waals surface area contributed by atoms with Crippen LogP contribution in [0.25, 0.3) is 0 Å². The molecule has 0 atom stereocenters. The third kappa shape index (κ3) is 5.78. The van der Waals surface area contributed by atoms with Gasteiger partial charge in [0.05, 0.1) is 19.8 Å². The highest BCUT2D eigenvalue weighted by Crippen LogP contribution is 2.10. The summed E-state index contributed by atoms with van der Waals surface area (Å²) in [4.78, 5) is 26.9. The zero-order valence-corrected chi connectivity index (χ0v) is 17.7. The quantitative estimate of drug-likeness (QED) is 0.552. The minimum atomic E-state index is -0.467. The van der Waals surface area contributed by atoms with Crippen LogP contribution in [0.5, 0.6) is 0 Å². The van der Waals surface area contributed by atoms with Gasteiger partial charge in [0.2, 0.25) is 0 Å². The Morgan fingerprint density at radius 2 is 1.53 bits per heavy atom. The molecule has 0 saturated carbocycles. The Kier molecular flexibility index (Phi) is 7.38. The highest BCUT2D eigenvalue weighted by atomic mass is 16.5. The van der Waals surface area contributed by atoms with Crippen LogP contribution in [0, 0.1) is 20.8 Å². The number of benzene rings is 2. The normalized spacial score (nSPS) is 11.0. The second-order valence-corrected chi connectivity index (χ2v) is 7.50. The van der Waals surface area contributed by atoms with Gasteiger partial charge in [0.25, 0.3) is 5.56 Å². The number of ether oxygens (including phenoxy) is 2. The van der Waals surface area contributed by atoms with Gasteiger partial charge >= 0.3 is 5.69 Å². The first-order chi connectivity index (χ1) is 14.4. The number of H-pyrrole nitrogens is 1. The molecule has 6 nitrogen and oxygen atoms in total. The molecule has 0 aliphatic rings. The van der Waals surface area contributed by atoms with Gasteiger partial charge in [0.15, 0.2) is 0 Å². The first kappa shape index (κ1) is 21.7. The lowest BCUT2D eigenvalue weighted by Gasteiger charge is -2.14. The Balaban J connectivity index is 1.55. The fourth-order valence-electron chi connectivity index (χ4n) is 3.50. The van der Waals surface area contributed by atoms with Gasteiger partial charge in [-0.3, -0.25) is 14.3 Å². The highest BCUT2D eigenvalue weighted by molar-refractivity contribution is 5.28. The van der Waals surface area contributed by atoms with Crippen molar-refractivity contribution in [2.45, 2.75) is 40.5 Å². The molecule has 3 aromatic rings. The van der Waals surface area contributed by atoms with Crippen molar-refractivity contribution in [2.24, 2.45) is 0 Å². The van der Waals surface area contributed by atoms with E-state index in [2.05, 4.69) is 37.0 Å². The predicted octanol–water partition coefficient (Wildman–Crippen LogP) is 3.24. The number of nitrogens with one attached hydrogen (secondary N) is 1. The second-order valence-electron chi connectivity index (χ2n) is 7.50. The number of nitrogens with zero attached hydrogens (tertiary/aromatic N) is 1. The number of hydrogen-bond donors (Lipinski definition) is 1. The molecule has 30 heavy (non-hydrogen) atoms. The molecule has 0 saturated heterocycles. The smallest absolute Gasteiger partial charge is 0.330 e. The van der Waals surface area contributed by atoms with E-state index in [1.807, 2.05) is 30.3 Å². The summed E-state index contributed by atoms with van der Waals surface area (Å²) >= 11 is 0. The van der Waals surface area contributed by atoms with E-state index in [-0.39, 0.29) is 12.3 Å². The fraction of sp³-hybridized carbons (Fsp3) is 0.333. The highest BCUT2D eigenvalue weighted by Gasteiger charge is 2.12. The molecule has 0 bridgehead atoms. The fourth-order valence-corrected chi connectivity index (χ4v) is 3.50. The van der Waals surface area contributed by atoms with Crippen LogP contribution in [-0.2, 0) is 29.2 Å². The van der Waals surface area contributed by atoms with Crippen molar-refractivity contribution >= 4 is 0 Å². The zero-order valence-electron chi connectivity index (χ0n) is 17.7. The van der Waals surface area contributed by atoms with Crippen molar-refractivity contribution in [1.29, 1.82) is 0 Å². The van der Waals surface area contributed by atoms with E-state index in [9.17, 15) is 9.59 Å². The summed E-state index contributed by atoms with van der Waals surface area (Å²) in [7, 11) is 0. The molecule has 0 spiro atoms. The van der Waals surface area contributed by atoms with Gasteiger partial charge in [0, 0.05) is 17.7 Å². The molecule has 6 heteroatoms. The molecule has 0 unspecified atom stereocenters. The lowest BCUT2D eigenvalue weighted by Crippen LogP contribution is -2.35. The van der Waals surface area contributed by atoms with Crippen LogP contribution in [0.15, 0.2) is 58.1 Å². The van der Waals surface area contributed by atoms with Crippen molar-refractivity contribution in [3.8, 4) is 0 Å². The molecular weight excluding hydrogens is 380 g/mol. The van der Waals surface area contributed by atoms with Crippen LogP contribution in [-0.4, -0.2) is 22.8 Å². The van der Waals surface area contributed by atoms with Crippen LogP contribution in [0.3, 0.4) is 0 Å². The van der Waals surface area contributed by atoms with Crippen LogP contribution >= 0.6 is 0 Å². The third-order valence-electron chi connectivity index (χ3n) is 4.95. The Hall–Kier alpha value is -2.96. The minimum absolute atomic E-state index is 0.0656. The average molecular weight is 408 g/mol. The van der Waals surface area contributed by atoms with Crippen molar-refractivity contribution < 1.29 is 9.47 Å². The maximum Gasteiger partial charge on any atom is 0.330 e. The van der Waals surface area contributed by atoms with E-state index in [0.29, 0.717) is 37.5 Å². The average Bonchev–Trinajstić information content (AvgIpc) is 2.70. The zero-order chi connectivity index (χ0) is 21.5. The summed E-state index contributed by atoms with van der Waals surface area (Å²) < 4.78 is 12.8. The first-order valence-electron chi connectivity index (χ1n) is 10.0. The van der Waals surface area contributed by atoms with Crippen LogP contribution < -0.4 is 11.2 Å². The predicted molar refractivity (Wildman–Crippen MR) is 117 cm³/mol. The standard InChI is InChI=1S/C24H28N2O4/c1-17-11-18(2)13-21(12-17)15-29-9-10-30-16-26-19(3)22(23(27)25-24(26)28)14-20-7-5-4-6-8-20/h4-8,11-13H,9-10,14-16H2,1-3H3,(H,25,27,28). The van der Waals surface area contributed by atoms with Crippen molar-refractivity contribution in [2.75, 3.05) is 13.2 Å². The van der Waals surface area contributed by atoms with E-state index >= 15 is 0 Å². The van der Waals surface area contributed by atoms with Gasteiger partial charge in [-0.15, -0.1) is 0 Å². The Morgan fingerprint density at radius 1 is 0.867 bits per heavy atom. The molecule has 0 fully saturated rings. The van der Waals surface area contributed by atoms with Gasteiger partial charge in [-0.2, -0.15) is 0 Å². The lowest BCUT2D eigenvalue weighted by atomic mass is 10.1. The molecule has 3 rings (SSSR count). The largest absolute Gasteiger partial charge is 0.374 e. The van der Waals surface area contributed by atoms with Gasteiger partial charge < -0.3 is 9.47 Å². The van der Waals surface area contributed by atoms with Gasteiger partial charge in [-0.25, -0.2) is 4.79 Å². The minimum Gasteiger partial charge on any atom is -0.374 e. The summed E-state index contributed by atoms with van der Waals surface area (Å²) in [6, 6.07) is 16.0. The molecule has 2 aromatic carbocycles. The monoisotopic (exact) mass is 408 g/mol. The maximum atomic E-state index is 12.3. The SMILES string of the molecule is Cc1cc(C)cc(COCCOCn2c(C)c(Cc3ccccc3)c(=O)[nH]c2=O)c1. The van der Waals surface area contributed by atoms with E-state index in [1.165, 1.54) is 15.7 Å². The summed E-state index contributed by atoms with van der Waals surface area (Å²) in [5.41, 5.74) is 4.93. The summed E-state index contributed by atoms with van der Waals surface area (Å²) in [5, 5.41) is 0. The Morgan fingerprint density at radius 3 is 2.23 bits per heavy atom. The third-order valence-corrected chi connectivity index (χ3v) is 4.95.